The van der Waals surface area contributed by atoms with E-state index in [1.54, 1.807) is 14.7 Å². The first-order chi connectivity index (χ1) is 9.22. The summed E-state index contributed by atoms with van der Waals surface area (Å²) in [6.45, 7) is 0. The van der Waals surface area contributed by atoms with Gasteiger partial charge in [0, 0.05) is 19.2 Å². The molecule has 5 nitrogen and oxygen atoms in total. The van der Waals surface area contributed by atoms with Crippen molar-refractivity contribution in [3.8, 4) is 0 Å². The number of methoxy groups -OCH3 is 1. The Hall–Kier alpha value is -0.585. The summed E-state index contributed by atoms with van der Waals surface area (Å²) in [7, 11) is 4.80. The Morgan fingerprint density at radius 1 is 1.05 bits per heavy atom. The molecule has 0 saturated heterocycles. The van der Waals surface area contributed by atoms with Gasteiger partial charge in [-0.2, -0.15) is 0 Å². The van der Waals surface area contributed by atoms with Gasteiger partial charge in [0.25, 0.3) is 0 Å². The van der Waals surface area contributed by atoms with Gasteiger partial charge in [-0.05, 0) is 44.6 Å². The molecule has 2 aliphatic rings. The normalized spacial score (nSPS) is 34.4. The van der Waals surface area contributed by atoms with E-state index in [9.17, 15) is 4.79 Å². The quantitative estimate of drug-likeness (QED) is 0.545. The summed E-state index contributed by atoms with van der Waals surface area (Å²) in [4.78, 5) is 11.3. The van der Waals surface area contributed by atoms with Crippen LogP contribution in [0.2, 0.25) is 0 Å². The predicted octanol–water partition coefficient (Wildman–Crippen LogP) is 0.609. The van der Waals surface area contributed by atoms with E-state index in [0.717, 1.165) is 12.8 Å². The van der Waals surface area contributed by atoms with Crippen LogP contribution in [0.3, 0.4) is 0 Å². The van der Waals surface area contributed by atoms with Crippen LogP contribution < -0.4 is 10.5 Å². The second-order valence-electron chi connectivity index (χ2n) is 5.62. The molecule has 0 spiro atoms. The maximum absolute atomic E-state index is 11.3. The zero-order chi connectivity index (χ0) is 13.7. The van der Waals surface area contributed by atoms with Gasteiger partial charge in [-0.25, -0.2) is 0 Å². The fourth-order valence-corrected chi connectivity index (χ4v) is 3.04. The third-order valence-corrected chi connectivity index (χ3v) is 4.29. The summed E-state index contributed by atoms with van der Waals surface area (Å²) in [6, 6.07) is 1.65. The summed E-state index contributed by atoms with van der Waals surface area (Å²) >= 11 is 0. The fourth-order valence-electron chi connectivity index (χ4n) is 3.04. The van der Waals surface area contributed by atoms with Crippen LogP contribution in [0.5, 0.6) is 0 Å². The molecule has 1 radical (unpaired) electrons. The molecule has 0 aliphatic heterocycles. The standard InChI is InChI=1S/C13H24BN2O3/c1-18-13(17)9-7-12(8-9)15-10-3-5-11(6-4-10)16-14-19-2/h9-12,15-16H,3-8H2,1-2H3. The number of hydrogen-bond donors (Lipinski definition) is 2. The Balaban J connectivity index is 1.58. The van der Waals surface area contributed by atoms with E-state index in [1.165, 1.54) is 32.8 Å². The molecule has 2 fully saturated rings. The largest absolute Gasteiger partial charge is 0.469 e. The van der Waals surface area contributed by atoms with Crippen molar-refractivity contribution in [2.75, 3.05) is 14.2 Å². The van der Waals surface area contributed by atoms with Crippen LogP contribution in [0.25, 0.3) is 0 Å². The number of carbonyl (C=O) groups excluding carboxylic acids is 1. The van der Waals surface area contributed by atoms with E-state index in [-0.39, 0.29) is 11.9 Å². The fraction of sp³-hybridized carbons (Fsp3) is 0.923. The number of nitrogens with one attached hydrogen (secondary N) is 2. The highest BCUT2D eigenvalue weighted by Gasteiger charge is 2.36. The molecule has 19 heavy (non-hydrogen) atoms. The number of carbonyl (C=O) groups is 1. The Morgan fingerprint density at radius 2 is 1.68 bits per heavy atom. The van der Waals surface area contributed by atoms with E-state index in [0.29, 0.717) is 18.1 Å². The monoisotopic (exact) mass is 267 g/mol. The summed E-state index contributed by atoms with van der Waals surface area (Å²) in [5.41, 5.74) is 0. The molecule has 2 aliphatic carbocycles. The molecule has 0 aromatic heterocycles. The summed E-state index contributed by atoms with van der Waals surface area (Å²) in [5.74, 6) is 0.0675. The van der Waals surface area contributed by atoms with Crippen LogP contribution in [0, 0.1) is 5.92 Å². The smallest absolute Gasteiger partial charge is 0.395 e. The highest BCUT2D eigenvalue weighted by molar-refractivity contribution is 6.23. The highest BCUT2D eigenvalue weighted by Crippen LogP contribution is 2.30. The molecule has 2 rings (SSSR count). The molecule has 107 valence electrons. The van der Waals surface area contributed by atoms with Gasteiger partial charge in [-0.15, -0.1) is 0 Å². The van der Waals surface area contributed by atoms with Crippen molar-refractivity contribution in [2.24, 2.45) is 5.92 Å². The van der Waals surface area contributed by atoms with Gasteiger partial charge in [-0.3, -0.25) is 4.79 Å². The molecule has 0 amide bonds. The number of ether oxygens (including phenoxy) is 1. The third kappa shape index (κ3) is 4.19. The van der Waals surface area contributed by atoms with E-state index in [1.807, 2.05) is 0 Å². The third-order valence-electron chi connectivity index (χ3n) is 4.29. The van der Waals surface area contributed by atoms with E-state index >= 15 is 0 Å². The van der Waals surface area contributed by atoms with Crippen LogP contribution in [0.1, 0.15) is 38.5 Å². The molecule has 0 aromatic rings. The van der Waals surface area contributed by atoms with Gasteiger partial charge in [0.05, 0.1) is 13.0 Å². The van der Waals surface area contributed by atoms with Crippen molar-refractivity contribution >= 4 is 13.6 Å². The lowest BCUT2D eigenvalue weighted by Crippen LogP contribution is -2.50. The first-order valence-electron chi connectivity index (χ1n) is 7.17. The summed E-state index contributed by atoms with van der Waals surface area (Å²) < 4.78 is 9.67. The Labute approximate surface area is 116 Å². The van der Waals surface area contributed by atoms with Gasteiger partial charge >= 0.3 is 13.6 Å². The van der Waals surface area contributed by atoms with Crippen molar-refractivity contribution in [1.29, 1.82) is 0 Å². The van der Waals surface area contributed by atoms with Crippen LogP contribution in [0.15, 0.2) is 0 Å². The molecular formula is C13H24BN2O3. The van der Waals surface area contributed by atoms with Gasteiger partial charge < -0.3 is 19.9 Å². The first-order valence-corrected chi connectivity index (χ1v) is 7.17. The lowest BCUT2D eigenvalue weighted by atomic mass is 9.79. The summed E-state index contributed by atoms with van der Waals surface area (Å²) in [6.07, 6.45) is 6.59. The maximum atomic E-state index is 11.3. The van der Waals surface area contributed by atoms with E-state index in [2.05, 4.69) is 10.5 Å². The Bertz CT molecular complexity index is 290. The van der Waals surface area contributed by atoms with Crippen LogP contribution in [0.4, 0.5) is 0 Å². The van der Waals surface area contributed by atoms with Gasteiger partial charge in [0.2, 0.25) is 0 Å². The molecule has 6 heteroatoms. The average Bonchev–Trinajstić information content (AvgIpc) is 2.40. The lowest BCUT2D eigenvalue weighted by molar-refractivity contribution is -0.149. The van der Waals surface area contributed by atoms with Crippen LogP contribution in [-0.2, 0) is 14.2 Å². The topological polar surface area (TPSA) is 59.6 Å². The molecule has 0 unspecified atom stereocenters. The van der Waals surface area contributed by atoms with Crippen LogP contribution >= 0.6 is 0 Å². The number of esters is 1. The maximum Gasteiger partial charge on any atom is 0.395 e. The minimum atomic E-state index is -0.0546. The minimum absolute atomic E-state index is 0.0546. The zero-order valence-electron chi connectivity index (χ0n) is 11.9. The molecule has 2 N–H and O–H groups in total. The van der Waals surface area contributed by atoms with E-state index < -0.39 is 0 Å². The predicted molar refractivity (Wildman–Crippen MR) is 73.6 cm³/mol. The van der Waals surface area contributed by atoms with E-state index in [4.69, 9.17) is 9.39 Å². The lowest BCUT2D eigenvalue weighted by Gasteiger charge is -2.39. The highest BCUT2D eigenvalue weighted by atomic mass is 16.5. The van der Waals surface area contributed by atoms with Crippen molar-refractivity contribution in [3.63, 3.8) is 0 Å². The van der Waals surface area contributed by atoms with Gasteiger partial charge in [-0.1, -0.05) is 0 Å². The second kappa shape index (κ2) is 7.26. The molecule has 0 heterocycles. The van der Waals surface area contributed by atoms with Crippen LogP contribution in [-0.4, -0.2) is 45.9 Å². The minimum Gasteiger partial charge on any atom is -0.469 e. The molecule has 0 aromatic carbocycles. The molecular weight excluding hydrogens is 243 g/mol. The first kappa shape index (κ1) is 14.8. The molecule has 0 atom stereocenters. The van der Waals surface area contributed by atoms with Crippen molar-refractivity contribution in [1.82, 2.24) is 10.5 Å². The Morgan fingerprint density at radius 3 is 2.26 bits per heavy atom. The SMILES string of the molecule is CO[B]NC1CCC(NC2CC(C(=O)OC)C2)CC1. The van der Waals surface area contributed by atoms with Gasteiger partial charge in [0.1, 0.15) is 0 Å². The van der Waals surface area contributed by atoms with Crippen molar-refractivity contribution in [3.05, 3.63) is 0 Å². The Kier molecular flexibility index (Phi) is 5.67. The van der Waals surface area contributed by atoms with Crippen molar-refractivity contribution in [2.45, 2.75) is 56.7 Å². The average molecular weight is 267 g/mol. The molecule has 2 saturated carbocycles. The number of hydrogen-bond acceptors (Lipinski definition) is 5. The summed E-state index contributed by atoms with van der Waals surface area (Å²) in [5, 5.41) is 6.93. The number of rotatable bonds is 6. The molecule has 0 bridgehead atoms. The van der Waals surface area contributed by atoms with Crippen molar-refractivity contribution < 1.29 is 14.2 Å². The zero-order valence-corrected chi connectivity index (χ0v) is 11.9. The second-order valence-corrected chi connectivity index (χ2v) is 5.62. The van der Waals surface area contributed by atoms with Gasteiger partial charge in [0.15, 0.2) is 0 Å².